The summed E-state index contributed by atoms with van der Waals surface area (Å²) in [5, 5.41) is 3.78. The first-order chi connectivity index (χ1) is 7.35. The van der Waals surface area contributed by atoms with E-state index >= 15 is 0 Å². The van der Waals surface area contributed by atoms with Crippen LogP contribution in [0.4, 0.5) is 0 Å². The molecule has 15 heavy (non-hydrogen) atoms. The lowest BCUT2D eigenvalue weighted by molar-refractivity contribution is 0.159. The number of likely N-dealkylation sites (tertiary alicyclic amines) is 1. The fourth-order valence-electron chi connectivity index (χ4n) is 3.32. The van der Waals surface area contributed by atoms with Crippen LogP contribution < -0.4 is 5.32 Å². The van der Waals surface area contributed by atoms with E-state index in [1.807, 2.05) is 0 Å². The SMILES string of the molecule is CCCC1(CN2CCCCC2)CCCN1. The van der Waals surface area contributed by atoms with Gasteiger partial charge in [-0.05, 0) is 51.7 Å². The van der Waals surface area contributed by atoms with Crippen LogP contribution in [0.25, 0.3) is 0 Å². The van der Waals surface area contributed by atoms with Gasteiger partial charge in [0.15, 0.2) is 0 Å². The van der Waals surface area contributed by atoms with Gasteiger partial charge in [0.1, 0.15) is 0 Å². The van der Waals surface area contributed by atoms with Crippen molar-refractivity contribution >= 4 is 0 Å². The Morgan fingerprint density at radius 3 is 2.53 bits per heavy atom. The maximum Gasteiger partial charge on any atom is 0.0309 e. The summed E-state index contributed by atoms with van der Waals surface area (Å²) in [5.74, 6) is 0. The molecule has 0 aromatic rings. The number of hydrogen-bond donors (Lipinski definition) is 1. The zero-order chi connectivity index (χ0) is 10.6. The van der Waals surface area contributed by atoms with Gasteiger partial charge in [0.2, 0.25) is 0 Å². The highest BCUT2D eigenvalue weighted by Crippen LogP contribution is 2.26. The molecule has 2 saturated heterocycles. The van der Waals surface area contributed by atoms with Gasteiger partial charge < -0.3 is 10.2 Å². The van der Waals surface area contributed by atoms with Crippen LogP contribution in [0.15, 0.2) is 0 Å². The molecule has 0 aromatic carbocycles. The predicted molar refractivity (Wildman–Crippen MR) is 65.2 cm³/mol. The average Bonchev–Trinajstić information content (AvgIpc) is 2.69. The minimum Gasteiger partial charge on any atom is -0.310 e. The Hall–Kier alpha value is -0.0800. The average molecular weight is 210 g/mol. The summed E-state index contributed by atoms with van der Waals surface area (Å²) >= 11 is 0. The van der Waals surface area contributed by atoms with Crippen molar-refractivity contribution in [3.05, 3.63) is 0 Å². The summed E-state index contributed by atoms with van der Waals surface area (Å²) in [6.45, 7) is 7.55. The maximum atomic E-state index is 3.78. The summed E-state index contributed by atoms with van der Waals surface area (Å²) in [7, 11) is 0. The largest absolute Gasteiger partial charge is 0.310 e. The van der Waals surface area contributed by atoms with Crippen LogP contribution in [0.5, 0.6) is 0 Å². The topological polar surface area (TPSA) is 15.3 Å². The van der Waals surface area contributed by atoms with E-state index in [0.717, 1.165) is 0 Å². The second-order valence-corrected chi connectivity index (χ2v) is 5.40. The van der Waals surface area contributed by atoms with Gasteiger partial charge in [0.25, 0.3) is 0 Å². The zero-order valence-corrected chi connectivity index (χ0v) is 10.2. The Kier molecular flexibility index (Phi) is 4.04. The lowest BCUT2D eigenvalue weighted by Gasteiger charge is -2.37. The minimum absolute atomic E-state index is 0.478. The van der Waals surface area contributed by atoms with E-state index in [2.05, 4.69) is 17.1 Å². The van der Waals surface area contributed by atoms with Gasteiger partial charge in [-0.15, -0.1) is 0 Å². The van der Waals surface area contributed by atoms with E-state index in [4.69, 9.17) is 0 Å². The zero-order valence-electron chi connectivity index (χ0n) is 10.2. The van der Waals surface area contributed by atoms with E-state index in [9.17, 15) is 0 Å². The molecule has 2 aliphatic rings. The lowest BCUT2D eigenvalue weighted by atomic mass is 9.90. The number of hydrogen-bond acceptors (Lipinski definition) is 2. The molecule has 0 aromatic heterocycles. The molecule has 2 heteroatoms. The summed E-state index contributed by atoms with van der Waals surface area (Å²) in [4.78, 5) is 2.69. The van der Waals surface area contributed by atoms with Crippen molar-refractivity contribution in [2.24, 2.45) is 0 Å². The van der Waals surface area contributed by atoms with Crippen molar-refractivity contribution in [1.82, 2.24) is 10.2 Å². The van der Waals surface area contributed by atoms with E-state index in [1.165, 1.54) is 71.1 Å². The number of nitrogens with one attached hydrogen (secondary N) is 1. The quantitative estimate of drug-likeness (QED) is 0.766. The minimum atomic E-state index is 0.478. The highest BCUT2D eigenvalue weighted by atomic mass is 15.2. The van der Waals surface area contributed by atoms with Crippen molar-refractivity contribution in [3.8, 4) is 0 Å². The molecule has 1 N–H and O–H groups in total. The summed E-state index contributed by atoms with van der Waals surface area (Å²) in [6.07, 6.45) is 9.75. The van der Waals surface area contributed by atoms with Crippen molar-refractivity contribution in [3.63, 3.8) is 0 Å². The molecule has 0 aliphatic carbocycles. The second-order valence-electron chi connectivity index (χ2n) is 5.40. The van der Waals surface area contributed by atoms with Crippen molar-refractivity contribution in [1.29, 1.82) is 0 Å². The first kappa shape index (κ1) is 11.4. The lowest BCUT2D eigenvalue weighted by Crippen LogP contribution is -2.50. The van der Waals surface area contributed by atoms with Gasteiger partial charge in [0, 0.05) is 12.1 Å². The van der Waals surface area contributed by atoms with Gasteiger partial charge in [-0.1, -0.05) is 19.8 Å². The Morgan fingerprint density at radius 1 is 1.13 bits per heavy atom. The smallest absolute Gasteiger partial charge is 0.0309 e. The summed E-state index contributed by atoms with van der Waals surface area (Å²) in [5.41, 5.74) is 0.478. The van der Waals surface area contributed by atoms with Gasteiger partial charge in [-0.2, -0.15) is 0 Å². The van der Waals surface area contributed by atoms with Gasteiger partial charge in [-0.3, -0.25) is 0 Å². The van der Waals surface area contributed by atoms with Crippen LogP contribution in [0.3, 0.4) is 0 Å². The maximum absolute atomic E-state index is 3.78. The molecule has 1 unspecified atom stereocenters. The molecule has 0 amide bonds. The second kappa shape index (κ2) is 5.31. The molecule has 2 nitrogen and oxygen atoms in total. The third-order valence-electron chi connectivity index (χ3n) is 4.04. The van der Waals surface area contributed by atoms with Gasteiger partial charge in [0.05, 0.1) is 0 Å². The predicted octanol–water partition coefficient (Wildman–Crippen LogP) is 2.39. The third-order valence-corrected chi connectivity index (χ3v) is 4.04. The highest BCUT2D eigenvalue weighted by molar-refractivity contribution is 4.95. The molecular formula is C13H26N2. The van der Waals surface area contributed by atoms with E-state index in [-0.39, 0.29) is 0 Å². The number of piperidine rings is 1. The fourth-order valence-corrected chi connectivity index (χ4v) is 3.32. The molecule has 2 rings (SSSR count). The van der Waals surface area contributed by atoms with Crippen molar-refractivity contribution in [2.75, 3.05) is 26.2 Å². The Labute approximate surface area is 94.4 Å². The first-order valence-electron chi connectivity index (χ1n) is 6.82. The van der Waals surface area contributed by atoms with Crippen molar-refractivity contribution in [2.45, 2.75) is 57.4 Å². The monoisotopic (exact) mass is 210 g/mol. The molecule has 0 bridgehead atoms. The van der Waals surface area contributed by atoms with Crippen LogP contribution in [-0.2, 0) is 0 Å². The third kappa shape index (κ3) is 2.94. The van der Waals surface area contributed by atoms with E-state index in [1.54, 1.807) is 0 Å². The van der Waals surface area contributed by atoms with Crippen LogP contribution in [0.2, 0.25) is 0 Å². The van der Waals surface area contributed by atoms with Crippen molar-refractivity contribution < 1.29 is 0 Å². The molecule has 0 saturated carbocycles. The summed E-state index contributed by atoms with van der Waals surface area (Å²) in [6, 6.07) is 0. The van der Waals surface area contributed by atoms with E-state index in [0.29, 0.717) is 5.54 Å². The molecule has 1 atom stereocenters. The Balaban J connectivity index is 1.87. The first-order valence-corrected chi connectivity index (χ1v) is 6.82. The van der Waals surface area contributed by atoms with Gasteiger partial charge in [-0.25, -0.2) is 0 Å². The number of nitrogens with zero attached hydrogens (tertiary/aromatic N) is 1. The molecule has 2 heterocycles. The van der Waals surface area contributed by atoms with Crippen LogP contribution >= 0.6 is 0 Å². The normalized spacial score (nSPS) is 33.4. The number of rotatable bonds is 4. The Morgan fingerprint density at radius 2 is 1.93 bits per heavy atom. The molecule has 2 fully saturated rings. The van der Waals surface area contributed by atoms with Crippen LogP contribution in [0, 0.1) is 0 Å². The summed E-state index contributed by atoms with van der Waals surface area (Å²) < 4.78 is 0. The molecule has 0 radical (unpaired) electrons. The molecule has 88 valence electrons. The highest BCUT2D eigenvalue weighted by Gasteiger charge is 2.34. The molecule has 0 spiro atoms. The Bertz CT molecular complexity index is 179. The molecule has 2 aliphatic heterocycles. The fraction of sp³-hybridized carbons (Fsp3) is 1.00. The standard InChI is InChI=1S/C13H26N2/c1-2-7-13(8-6-9-14-13)12-15-10-4-3-5-11-15/h14H,2-12H2,1H3. The van der Waals surface area contributed by atoms with Crippen LogP contribution in [-0.4, -0.2) is 36.6 Å². The van der Waals surface area contributed by atoms with Gasteiger partial charge >= 0.3 is 0 Å². The molecular weight excluding hydrogens is 184 g/mol. The van der Waals surface area contributed by atoms with Crippen LogP contribution in [0.1, 0.15) is 51.9 Å². The van der Waals surface area contributed by atoms with E-state index < -0.39 is 0 Å².